The maximum absolute atomic E-state index is 12.0. The Kier molecular flexibility index (Phi) is 4.06. The highest BCUT2D eigenvalue weighted by Gasteiger charge is 2.10. The zero-order valence-corrected chi connectivity index (χ0v) is 12.8. The van der Waals surface area contributed by atoms with E-state index < -0.39 is 0 Å². The Balaban J connectivity index is 1.51. The summed E-state index contributed by atoms with van der Waals surface area (Å²) in [6.45, 7) is 3.09. The van der Waals surface area contributed by atoms with Crippen molar-refractivity contribution in [2.45, 2.75) is 19.9 Å². The Bertz CT molecular complexity index is 756. The fraction of sp³-hybridized carbons (Fsp3) is 0.286. The summed E-state index contributed by atoms with van der Waals surface area (Å²) in [5.41, 5.74) is 1.81. The lowest BCUT2D eigenvalue weighted by atomic mass is 10.3. The molecular formula is C14H15ClN6O. The van der Waals surface area contributed by atoms with Gasteiger partial charge in [-0.15, -0.1) is 0 Å². The second-order valence-corrected chi connectivity index (χ2v) is 5.29. The van der Waals surface area contributed by atoms with Crippen molar-refractivity contribution < 1.29 is 4.79 Å². The molecule has 22 heavy (non-hydrogen) atoms. The van der Waals surface area contributed by atoms with Gasteiger partial charge < -0.3 is 5.32 Å². The summed E-state index contributed by atoms with van der Waals surface area (Å²) < 4.78 is 3.35. The normalized spacial score (nSPS) is 11.0. The number of hydrogen-bond acceptors (Lipinski definition) is 4. The number of amides is 1. The van der Waals surface area contributed by atoms with Gasteiger partial charge in [0, 0.05) is 37.7 Å². The average Bonchev–Trinajstić information content (AvgIpc) is 3.07. The van der Waals surface area contributed by atoms with E-state index in [0.29, 0.717) is 29.5 Å². The molecular weight excluding hydrogens is 304 g/mol. The number of aromatic nitrogens is 5. The van der Waals surface area contributed by atoms with Gasteiger partial charge in [-0.1, -0.05) is 11.6 Å². The van der Waals surface area contributed by atoms with Gasteiger partial charge in [-0.3, -0.25) is 9.48 Å². The molecule has 0 aliphatic heterocycles. The molecule has 0 radical (unpaired) electrons. The molecule has 3 aromatic rings. The van der Waals surface area contributed by atoms with Crippen LogP contribution in [-0.2, 0) is 6.54 Å². The summed E-state index contributed by atoms with van der Waals surface area (Å²) in [5, 5.41) is 11.9. The third-order valence-electron chi connectivity index (χ3n) is 3.20. The second-order valence-electron chi connectivity index (χ2n) is 4.89. The molecule has 3 heterocycles. The number of rotatable bonds is 5. The van der Waals surface area contributed by atoms with Crippen LogP contribution >= 0.6 is 11.6 Å². The van der Waals surface area contributed by atoms with Crippen molar-refractivity contribution in [3.63, 3.8) is 0 Å². The molecule has 0 aliphatic carbocycles. The topological polar surface area (TPSA) is 77.1 Å². The maximum Gasteiger partial charge on any atom is 0.271 e. The van der Waals surface area contributed by atoms with E-state index in [0.717, 1.165) is 12.1 Å². The molecule has 0 aromatic carbocycles. The Morgan fingerprint density at radius 3 is 3.00 bits per heavy atom. The van der Waals surface area contributed by atoms with Gasteiger partial charge in [0.2, 0.25) is 0 Å². The Hall–Kier alpha value is -2.41. The highest BCUT2D eigenvalue weighted by molar-refractivity contribution is 6.31. The van der Waals surface area contributed by atoms with Gasteiger partial charge >= 0.3 is 0 Å². The zero-order valence-electron chi connectivity index (χ0n) is 12.0. The summed E-state index contributed by atoms with van der Waals surface area (Å²) in [4.78, 5) is 16.2. The largest absolute Gasteiger partial charge is 0.351 e. The van der Waals surface area contributed by atoms with E-state index in [-0.39, 0.29) is 5.91 Å². The molecule has 0 saturated carbocycles. The van der Waals surface area contributed by atoms with Gasteiger partial charge in [-0.2, -0.15) is 10.2 Å². The predicted octanol–water partition coefficient (Wildman–Crippen LogP) is 1.71. The molecule has 0 aliphatic rings. The first kappa shape index (κ1) is 14.5. The van der Waals surface area contributed by atoms with E-state index in [1.165, 1.54) is 0 Å². The SMILES string of the molecule is Cc1nn(CCCNC(=O)c2cc3ncccn3n2)cc1Cl. The van der Waals surface area contributed by atoms with Crippen LogP contribution in [0.2, 0.25) is 5.02 Å². The summed E-state index contributed by atoms with van der Waals surface area (Å²) in [6, 6.07) is 3.42. The van der Waals surface area contributed by atoms with Crippen molar-refractivity contribution in [3.8, 4) is 0 Å². The van der Waals surface area contributed by atoms with E-state index in [4.69, 9.17) is 11.6 Å². The number of fused-ring (bicyclic) bond motifs is 1. The lowest BCUT2D eigenvalue weighted by Gasteiger charge is -2.03. The van der Waals surface area contributed by atoms with Crippen LogP contribution in [0.4, 0.5) is 0 Å². The first-order chi connectivity index (χ1) is 10.6. The summed E-state index contributed by atoms with van der Waals surface area (Å²) in [5.74, 6) is -0.208. The van der Waals surface area contributed by atoms with Crippen molar-refractivity contribution >= 4 is 23.2 Å². The van der Waals surface area contributed by atoms with E-state index in [1.807, 2.05) is 6.92 Å². The van der Waals surface area contributed by atoms with Crippen molar-refractivity contribution in [1.82, 2.24) is 29.7 Å². The number of hydrogen-bond donors (Lipinski definition) is 1. The van der Waals surface area contributed by atoms with Crippen LogP contribution in [0.1, 0.15) is 22.6 Å². The fourth-order valence-electron chi connectivity index (χ4n) is 2.08. The number of aryl methyl sites for hydroxylation is 2. The third kappa shape index (κ3) is 3.09. The molecule has 0 saturated heterocycles. The standard InChI is InChI=1S/C14H15ClN6O/c1-10-11(15)9-20(18-10)6-2-5-17-14(22)12-8-13-16-4-3-7-21(13)19-12/h3-4,7-9H,2,5-6H2,1H3,(H,17,22). The van der Waals surface area contributed by atoms with Crippen molar-refractivity contribution in [2.24, 2.45) is 0 Å². The van der Waals surface area contributed by atoms with Crippen LogP contribution in [0, 0.1) is 6.92 Å². The quantitative estimate of drug-likeness (QED) is 0.726. The van der Waals surface area contributed by atoms with Gasteiger partial charge in [-0.25, -0.2) is 9.50 Å². The van der Waals surface area contributed by atoms with E-state index in [1.54, 1.807) is 39.9 Å². The first-order valence-electron chi connectivity index (χ1n) is 6.91. The molecule has 1 N–H and O–H groups in total. The molecule has 7 nitrogen and oxygen atoms in total. The fourth-order valence-corrected chi connectivity index (χ4v) is 2.23. The van der Waals surface area contributed by atoms with Crippen LogP contribution < -0.4 is 5.32 Å². The van der Waals surface area contributed by atoms with Gasteiger partial charge in [-0.05, 0) is 19.4 Å². The Morgan fingerprint density at radius 2 is 2.27 bits per heavy atom. The number of nitrogens with zero attached hydrogens (tertiary/aromatic N) is 5. The minimum absolute atomic E-state index is 0.208. The molecule has 8 heteroatoms. The number of carbonyl (C=O) groups is 1. The van der Waals surface area contributed by atoms with Crippen LogP contribution in [0.25, 0.3) is 5.65 Å². The molecule has 0 bridgehead atoms. The van der Waals surface area contributed by atoms with Crippen LogP contribution in [0.15, 0.2) is 30.7 Å². The Labute approximate surface area is 131 Å². The second kappa shape index (κ2) is 6.15. The minimum Gasteiger partial charge on any atom is -0.351 e. The van der Waals surface area contributed by atoms with E-state index in [9.17, 15) is 4.79 Å². The highest BCUT2D eigenvalue weighted by Crippen LogP contribution is 2.12. The lowest BCUT2D eigenvalue weighted by molar-refractivity contribution is 0.0947. The molecule has 114 valence electrons. The predicted molar refractivity (Wildman–Crippen MR) is 81.9 cm³/mol. The summed E-state index contributed by atoms with van der Waals surface area (Å²) in [7, 11) is 0. The molecule has 0 spiro atoms. The van der Waals surface area contributed by atoms with Gasteiger partial charge in [0.1, 0.15) is 0 Å². The van der Waals surface area contributed by atoms with Crippen LogP contribution in [0.3, 0.4) is 0 Å². The molecule has 0 unspecified atom stereocenters. The summed E-state index contributed by atoms with van der Waals surface area (Å²) >= 11 is 5.94. The average molecular weight is 319 g/mol. The molecule has 3 rings (SSSR count). The molecule has 3 aromatic heterocycles. The van der Waals surface area contributed by atoms with Gasteiger partial charge in [0.15, 0.2) is 11.3 Å². The zero-order chi connectivity index (χ0) is 15.5. The molecule has 1 amide bonds. The summed E-state index contributed by atoms with van der Waals surface area (Å²) in [6.07, 6.45) is 5.96. The smallest absolute Gasteiger partial charge is 0.271 e. The molecule has 0 fully saturated rings. The number of nitrogens with one attached hydrogen (secondary N) is 1. The van der Waals surface area contributed by atoms with Gasteiger partial charge in [0.05, 0.1) is 10.7 Å². The van der Waals surface area contributed by atoms with Crippen LogP contribution in [-0.4, -0.2) is 36.8 Å². The van der Waals surface area contributed by atoms with Crippen molar-refractivity contribution in [2.75, 3.05) is 6.54 Å². The highest BCUT2D eigenvalue weighted by atomic mass is 35.5. The van der Waals surface area contributed by atoms with Crippen LogP contribution in [0.5, 0.6) is 0 Å². The Morgan fingerprint density at radius 1 is 1.41 bits per heavy atom. The maximum atomic E-state index is 12.0. The van der Waals surface area contributed by atoms with E-state index >= 15 is 0 Å². The van der Waals surface area contributed by atoms with Crippen molar-refractivity contribution in [1.29, 1.82) is 0 Å². The van der Waals surface area contributed by atoms with Gasteiger partial charge in [0.25, 0.3) is 5.91 Å². The number of carbonyl (C=O) groups excluding carboxylic acids is 1. The van der Waals surface area contributed by atoms with E-state index in [2.05, 4.69) is 20.5 Å². The monoisotopic (exact) mass is 318 g/mol. The first-order valence-corrected chi connectivity index (χ1v) is 7.29. The number of halogens is 1. The minimum atomic E-state index is -0.208. The molecule has 0 atom stereocenters. The third-order valence-corrected chi connectivity index (χ3v) is 3.58. The van der Waals surface area contributed by atoms with Crippen molar-refractivity contribution in [3.05, 3.63) is 47.1 Å². The lowest BCUT2D eigenvalue weighted by Crippen LogP contribution is -2.25.